The summed E-state index contributed by atoms with van der Waals surface area (Å²) in [7, 11) is 1.59. The zero-order chi connectivity index (χ0) is 13.6. The maximum absolute atomic E-state index is 12.1. The second-order valence-electron chi connectivity index (χ2n) is 4.97. The van der Waals surface area contributed by atoms with E-state index in [4.69, 9.17) is 0 Å². The topological polar surface area (TPSA) is 61.8 Å². The van der Waals surface area contributed by atoms with Gasteiger partial charge in [-0.2, -0.15) is 5.10 Å². The maximum Gasteiger partial charge on any atom is 0.251 e. The summed E-state index contributed by atoms with van der Waals surface area (Å²) in [6, 6.07) is 6.90. The lowest BCUT2D eigenvalue weighted by molar-refractivity contribution is -0.120. The van der Waals surface area contributed by atoms with Crippen LogP contribution in [-0.4, -0.2) is 24.6 Å². The summed E-state index contributed by atoms with van der Waals surface area (Å²) in [5.74, 6) is 0.381. The molecule has 1 aromatic rings. The number of rotatable bonds is 2. The average Bonchev–Trinajstić information content (AvgIpc) is 3.23. The van der Waals surface area contributed by atoms with E-state index in [2.05, 4.69) is 10.4 Å². The van der Waals surface area contributed by atoms with Crippen molar-refractivity contribution in [3.8, 4) is 0 Å². The molecular weight excluding hydrogens is 242 g/mol. The normalized spacial score (nSPS) is 24.6. The molecule has 1 N–H and O–H groups in total. The van der Waals surface area contributed by atoms with Gasteiger partial charge in [-0.05, 0) is 37.6 Å². The first-order chi connectivity index (χ1) is 9.11. The van der Waals surface area contributed by atoms with Crippen LogP contribution in [0.2, 0.25) is 0 Å². The molecule has 19 heavy (non-hydrogen) atoms. The Balaban J connectivity index is 1.88. The Morgan fingerprint density at radius 2 is 2.00 bits per heavy atom. The average molecular weight is 257 g/mol. The van der Waals surface area contributed by atoms with E-state index in [0.717, 1.165) is 12.1 Å². The van der Waals surface area contributed by atoms with Crippen molar-refractivity contribution in [1.82, 2.24) is 5.32 Å². The van der Waals surface area contributed by atoms with Gasteiger partial charge in [0.15, 0.2) is 0 Å². The van der Waals surface area contributed by atoms with E-state index < -0.39 is 0 Å². The third kappa shape index (κ3) is 1.91. The molecule has 5 nitrogen and oxygen atoms in total. The van der Waals surface area contributed by atoms with E-state index in [1.54, 1.807) is 31.3 Å². The molecule has 0 radical (unpaired) electrons. The molecule has 1 aromatic carbocycles. The fourth-order valence-corrected chi connectivity index (χ4v) is 2.45. The minimum atomic E-state index is -0.140. The standard InChI is InChI=1S/C14H15N3O2/c1-8-11-7-12(11)14(19)17(16-8)10-5-3-9(4-6-10)13(18)15-2/h3-6,11-12H,7H2,1-2H3,(H,15,18). The Morgan fingerprint density at radius 1 is 1.32 bits per heavy atom. The first kappa shape index (κ1) is 11.9. The summed E-state index contributed by atoms with van der Waals surface area (Å²) in [6.07, 6.45) is 0.918. The van der Waals surface area contributed by atoms with Crippen LogP contribution in [0.5, 0.6) is 0 Å². The van der Waals surface area contributed by atoms with Gasteiger partial charge in [-0.1, -0.05) is 0 Å². The van der Waals surface area contributed by atoms with Gasteiger partial charge >= 0.3 is 0 Å². The van der Waals surface area contributed by atoms with Gasteiger partial charge in [0.25, 0.3) is 11.8 Å². The molecule has 3 rings (SSSR count). The van der Waals surface area contributed by atoms with Gasteiger partial charge in [0.1, 0.15) is 0 Å². The summed E-state index contributed by atoms with van der Waals surface area (Å²) >= 11 is 0. The third-order valence-electron chi connectivity index (χ3n) is 3.71. The summed E-state index contributed by atoms with van der Waals surface area (Å²) < 4.78 is 0. The number of nitrogens with one attached hydrogen (secondary N) is 1. The van der Waals surface area contributed by atoms with Gasteiger partial charge < -0.3 is 5.32 Å². The largest absolute Gasteiger partial charge is 0.355 e. The van der Waals surface area contributed by atoms with Gasteiger partial charge in [-0.25, -0.2) is 5.01 Å². The molecule has 1 aliphatic heterocycles. The molecule has 2 amide bonds. The summed E-state index contributed by atoms with van der Waals surface area (Å²) in [5, 5.41) is 8.37. The summed E-state index contributed by atoms with van der Waals surface area (Å²) in [5.41, 5.74) is 2.29. The van der Waals surface area contributed by atoms with Crippen molar-refractivity contribution in [3.05, 3.63) is 29.8 Å². The Morgan fingerprint density at radius 3 is 2.63 bits per heavy atom. The highest BCUT2D eigenvalue weighted by Crippen LogP contribution is 2.44. The number of amides is 2. The monoisotopic (exact) mass is 257 g/mol. The van der Waals surface area contributed by atoms with E-state index in [1.165, 1.54) is 5.01 Å². The highest BCUT2D eigenvalue weighted by atomic mass is 16.2. The Bertz CT molecular complexity index is 577. The SMILES string of the molecule is CNC(=O)c1ccc(N2N=C(C)C3CC3C2=O)cc1. The Labute approximate surface area is 111 Å². The lowest BCUT2D eigenvalue weighted by Gasteiger charge is -2.22. The number of hydrogen-bond acceptors (Lipinski definition) is 3. The smallest absolute Gasteiger partial charge is 0.251 e. The van der Waals surface area contributed by atoms with Crippen LogP contribution >= 0.6 is 0 Å². The van der Waals surface area contributed by atoms with Gasteiger partial charge in [-0.3, -0.25) is 9.59 Å². The number of fused-ring (bicyclic) bond motifs is 1. The number of carbonyl (C=O) groups excluding carboxylic acids is 2. The molecule has 5 heteroatoms. The van der Waals surface area contributed by atoms with E-state index in [9.17, 15) is 9.59 Å². The van der Waals surface area contributed by atoms with Crippen LogP contribution in [0.3, 0.4) is 0 Å². The van der Waals surface area contributed by atoms with Crippen molar-refractivity contribution in [3.63, 3.8) is 0 Å². The third-order valence-corrected chi connectivity index (χ3v) is 3.71. The van der Waals surface area contributed by atoms with Crippen LogP contribution in [0.1, 0.15) is 23.7 Å². The molecule has 1 heterocycles. The van der Waals surface area contributed by atoms with Crippen molar-refractivity contribution in [2.75, 3.05) is 12.1 Å². The van der Waals surface area contributed by atoms with Crippen molar-refractivity contribution >= 4 is 23.2 Å². The lowest BCUT2D eigenvalue weighted by Crippen LogP contribution is -2.33. The van der Waals surface area contributed by atoms with Crippen LogP contribution in [0.25, 0.3) is 0 Å². The fourth-order valence-electron chi connectivity index (χ4n) is 2.45. The predicted octanol–water partition coefficient (Wildman–Crippen LogP) is 1.40. The van der Waals surface area contributed by atoms with E-state index in [-0.39, 0.29) is 17.7 Å². The van der Waals surface area contributed by atoms with Gasteiger partial charge in [0.2, 0.25) is 0 Å². The molecule has 0 spiro atoms. The van der Waals surface area contributed by atoms with Crippen molar-refractivity contribution in [2.45, 2.75) is 13.3 Å². The Hall–Kier alpha value is -2.17. The highest BCUT2D eigenvalue weighted by molar-refractivity contribution is 6.07. The van der Waals surface area contributed by atoms with E-state index in [1.807, 2.05) is 6.92 Å². The van der Waals surface area contributed by atoms with Crippen LogP contribution in [0.15, 0.2) is 29.4 Å². The van der Waals surface area contributed by atoms with Crippen LogP contribution < -0.4 is 10.3 Å². The van der Waals surface area contributed by atoms with Crippen molar-refractivity contribution in [1.29, 1.82) is 0 Å². The molecule has 0 saturated heterocycles. The summed E-state index contributed by atoms with van der Waals surface area (Å²) in [6.45, 7) is 1.96. The van der Waals surface area contributed by atoms with Gasteiger partial charge in [-0.15, -0.1) is 0 Å². The van der Waals surface area contributed by atoms with E-state index >= 15 is 0 Å². The first-order valence-electron chi connectivity index (χ1n) is 6.33. The fraction of sp³-hybridized carbons (Fsp3) is 0.357. The molecule has 1 fully saturated rings. The van der Waals surface area contributed by atoms with Crippen LogP contribution in [0, 0.1) is 11.8 Å². The van der Waals surface area contributed by atoms with Crippen molar-refractivity contribution in [2.24, 2.45) is 16.9 Å². The van der Waals surface area contributed by atoms with Gasteiger partial charge in [0.05, 0.1) is 5.69 Å². The number of hydrogen-bond donors (Lipinski definition) is 1. The predicted molar refractivity (Wildman–Crippen MR) is 72.0 cm³/mol. The quantitative estimate of drug-likeness (QED) is 0.870. The molecule has 2 aliphatic rings. The maximum atomic E-state index is 12.1. The molecule has 0 aromatic heterocycles. The molecule has 1 aliphatic carbocycles. The number of anilines is 1. The number of benzene rings is 1. The zero-order valence-corrected chi connectivity index (χ0v) is 10.9. The first-order valence-corrected chi connectivity index (χ1v) is 6.33. The molecule has 0 bridgehead atoms. The van der Waals surface area contributed by atoms with E-state index in [0.29, 0.717) is 17.2 Å². The number of nitrogens with zero attached hydrogens (tertiary/aromatic N) is 2. The lowest BCUT2D eigenvalue weighted by atomic mass is 10.1. The minimum absolute atomic E-state index is 0.0586. The number of carbonyl (C=O) groups is 2. The van der Waals surface area contributed by atoms with Crippen molar-refractivity contribution < 1.29 is 9.59 Å². The number of hydrazone groups is 1. The molecule has 2 atom stereocenters. The molecule has 2 unspecified atom stereocenters. The van der Waals surface area contributed by atoms with Crippen LogP contribution in [-0.2, 0) is 4.79 Å². The summed E-state index contributed by atoms with van der Waals surface area (Å²) in [4.78, 5) is 23.6. The molecular formula is C14H15N3O2. The van der Waals surface area contributed by atoms with Gasteiger partial charge in [0, 0.05) is 30.2 Å². The second kappa shape index (κ2) is 4.19. The minimum Gasteiger partial charge on any atom is -0.355 e. The second-order valence-corrected chi connectivity index (χ2v) is 4.97. The van der Waals surface area contributed by atoms with Crippen LogP contribution in [0.4, 0.5) is 5.69 Å². The highest BCUT2D eigenvalue weighted by Gasteiger charge is 2.50. The molecule has 1 saturated carbocycles. The Kier molecular flexibility index (Phi) is 2.62. The zero-order valence-electron chi connectivity index (χ0n) is 10.9. The molecule has 98 valence electrons.